The van der Waals surface area contributed by atoms with E-state index >= 15 is 0 Å². The monoisotopic (exact) mass is 185 g/mol. The van der Waals surface area contributed by atoms with Crippen LogP contribution in [0.2, 0.25) is 0 Å². The number of rotatable bonds is 1. The van der Waals surface area contributed by atoms with Gasteiger partial charge in [-0.1, -0.05) is 0 Å². The fraction of sp³-hybridized carbons (Fsp3) is 0.889. The van der Waals surface area contributed by atoms with E-state index in [1.807, 2.05) is 0 Å². The van der Waals surface area contributed by atoms with Crippen LogP contribution >= 0.6 is 0 Å². The lowest BCUT2D eigenvalue weighted by atomic mass is 10.2. The van der Waals surface area contributed by atoms with Crippen LogP contribution in [0.4, 0.5) is 4.79 Å². The van der Waals surface area contributed by atoms with Gasteiger partial charge in [0.25, 0.3) is 0 Å². The molecule has 1 aliphatic heterocycles. The van der Waals surface area contributed by atoms with Crippen LogP contribution in [-0.2, 0) is 4.74 Å². The molecule has 1 saturated carbocycles. The summed E-state index contributed by atoms with van der Waals surface area (Å²) in [4.78, 5) is 12.9. The quantitative estimate of drug-likeness (QED) is 0.655. The van der Waals surface area contributed by atoms with Crippen LogP contribution in [0.15, 0.2) is 0 Å². The van der Waals surface area contributed by atoms with Crippen molar-refractivity contribution in [1.29, 1.82) is 0 Å². The van der Waals surface area contributed by atoms with Crippen molar-refractivity contribution >= 4 is 6.09 Å². The molecule has 2 aliphatic rings. The normalized spacial score (nSPS) is 24.5. The Labute approximate surface area is 77.5 Å². The summed E-state index contributed by atoms with van der Waals surface area (Å²) in [6.45, 7) is 0.872. The highest BCUT2D eigenvalue weighted by Crippen LogP contribution is 2.22. The Kier molecular flexibility index (Phi) is 2.40. The van der Waals surface area contributed by atoms with Crippen molar-refractivity contribution in [3.8, 4) is 0 Å². The number of carbonyl (C=O) groups is 1. The van der Waals surface area contributed by atoms with Gasteiger partial charge in [0.15, 0.2) is 0 Å². The summed E-state index contributed by atoms with van der Waals surface area (Å²) >= 11 is 0. The van der Waals surface area contributed by atoms with E-state index < -0.39 is 0 Å². The number of hydrogen-bond acceptors (Lipinski definition) is 3. The van der Waals surface area contributed by atoms with Gasteiger partial charge in [0.05, 0.1) is 19.2 Å². The third-order valence-corrected chi connectivity index (χ3v) is 2.69. The third-order valence-electron chi connectivity index (χ3n) is 2.69. The Morgan fingerprint density at radius 3 is 2.46 bits per heavy atom. The molecule has 2 rings (SSSR count). The van der Waals surface area contributed by atoms with Gasteiger partial charge < -0.3 is 14.7 Å². The van der Waals surface area contributed by atoms with E-state index in [4.69, 9.17) is 9.84 Å². The molecule has 2 fully saturated rings. The lowest BCUT2D eigenvalue weighted by molar-refractivity contribution is -0.0136. The summed E-state index contributed by atoms with van der Waals surface area (Å²) < 4.78 is 5.24. The number of aliphatic hydroxyl groups is 1. The predicted molar refractivity (Wildman–Crippen MR) is 46.3 cm³/mol. The van der Waals surface area contributed by atoms with Gasteiger partial charge in [0.1, 0.15) is 6.10 Å². The molecule has 74 valence electrons. The van der Waals surface area contributed by atoms with Crippen LogP contribution in [0, 0.1) is 0 Å². The highest BCUT2D eigenvalue weighted by Gasteiger charge is 2.31. The molecule has 1 N–H and O–H groups in total. The topological polar surface area (TPSA) is 49.8 Å². The molecule has 4 nitrogen and oxygen atoms in total. The number of ether oxygens (including phenoxy) is 1. The third kappa shape index (κ3) is 1.94. The molecular weight excluding hydrogens is 170 g/mol. The fourth-order valence-electron chi connectivity index (χ4n) is 1.83. The number of aliphatic hydroxyl groups excluding tert-OH is 1. The van der Waals surface area contributed by atoms with E-state index in [1.165, 1.54) is 12.8 Å². The van der Waals surface area contributed by atoms with Crippen molar-refractivity contribution in [2.45, 2.75) is 37.9 Å². The molecule has 0 atom stereocenters. The zero-order chi connectivity index (χ0) is 9.26. The van der Waals surface area contributed by atoms with Gasteiger partial charge in [-0.05, 0) is 25.7 Å². The number of likely N-dealkylation sites (tertiary alicyclic amines) is 1. The van der Waals surface area contributed by atoms with Crippen molar-refractivity contribution in [2.75, 3.05) is 13.1 Å². The SMILES string of the molecule is O=C(OC1CCCC1)N1CC(O)C1. The summed E-state index contributed by atoms with van der Waals surface area (Å²) in [7, 11) is 0. The van der Waals surface area contributed by atoms with Gasteiger partial charge in [-0.2, -0.15) is 0 Å². The van der Waals surface area contributed by atoms with E-state index in [2.05, 4.69) is 0 Å². The molecule has 1 saturated heterocycles. The predicted octanol–water partition coefficient (Wildman–Crippen LogP) is 0.742. The van der Waals surface area contributed by atoms with Crippen LogP contribution in [0.3, 0.4) is 0 Å². The first-order valence-corrected chi connectivity index (χ1v) is 4.89. The molecule has 0 bridgehead atoms. The summed E-state index contributed by atoms with van der Waals surface area (Å²) in [5.74, 6) is 0. The number of β-amino-alcohol motifs (C(OH)–C–C–N with tert-alkyl or cyclic N) is 1. The summed E-state index contributed by atoms with van der Waals surface area (Å²) in [5, 5.41) is 8.98. The molecule has 1 heterocycles. The van der Waals surface area contributed by atoms with E-state index in [1.54, 1.807) is 4.90 Å². The minimum absolute atomic E-state index is 0.130. The minimum Gasteiger partial charge on any atom is -0.446 e. The molecule has 13 heavy (non-hydrogen) atoms. The highest BCUT2D eigenvalue weighted by molar-refractivity contribution is 5.69. The van der Waals surface area contributed by atoms with Crippen LogP contribution < -0.4 is 0 Å². The molecule has 1 aliphatic carbocycles. The van der Waals surface area contributed by atoms with E-state index in [9.17, 15) is 4.79 Å². The van der Waals surface area contributed by atoms with Crippen molar-refractivity contribution in [3.63, 3.8) is 0 Å². The highest BCUT2D eigenvalue weighted by atomic mass is 16.6. The standard InChI is InChI=1S/C9H15NO3/c11-7-5-10(6-7)9(12)13-8-3-1-2-4-8/h7-8,11H,1-6H2. The van der Waals surface area contributed by atoms with Gasteiger partial charge in [-0.15, -0.1) is 0 Å². The first-order chi connectivity index (χ1) is 6.25. The molecule has 0 aromatic heterocycles. The number of carbonyl (C=O) groups excluding carboxylic acids is 1. The zero-order valence-corrected chi connectivity index (χ0v) is 7.61. The van der Waals surface area contributed by atoms with Gasteiger partial charge >= 0.3 is 6.09 Å². The second-order valence-electron chi connectivity index (χ2n) is 3.85. The van der Waals surface area contributed by atoms with E-state index in [-0.39, 0.29) is 18.3 Å². The molecule has 4 heteroatoms. The van der Waals surface area contributed by atoms with Crippen LogP contribution in [-0.4, -0.2) is 41.4 Å². The van der Waals surface area contributed by atoms with Crippen LogP contribution in [0.1, 0.15) is 25.7 Å². The first-order valence-electron chi connectivity index (χ1n) is 4.89. The van der Waals surface area contributed by atoms with Crippen molar-refractivity contribution < 1.29 is 14.6 Å². The van der Waals surface area contributed by atoms with Gasteiger partial charge in [0.2, 0.25) is 0 Å². The lowest BCUT2D eigenvalue weighted by Gasteiger charge is -2.35. The van der Waals surface area contributed by atoms with Crippen molar-refractivity contribution in [2.24, 2.45) is 0 Å². The number of amides is 1. The Hall–Kier alpha value is -0.770. The average Bonchev–Trinajstić information content (AvgIpc) is 2.51. The maximum absolute atomic E-state index is 11.3. The number of hydrogen-bond donors (Lipinski definition) is 1. The Balaban J connectivity index is 1.72. The summed E-state index contributed by atoms with van der Waals surface area (Å²) in [5.41, 5.74) is 0. The van der Waals surface area contributed by atoms with Crippen molar-refractivity contribution in [3.05, 3.63) is 0 Å². The maximum atomic E-state index is 11.3. The second kappa shape index (κ2) is 3.54. The van der Waals surface area contributed by atoms with Crippen molar-refractivity contribution in [1.82, 2.24) is 4.90 Å². The Bertz CT molecular complexity index is 195. The van der Waals surface area contributed by atoms with Gasteiger partial charge in [0, 0.05) is 0 Å². The Morgan fingerprint density at radius 2 is 1.92 bits per heavy atom. The molecule has 0 aromatic carbocycles. The molecule has 0 radical (unpaired) electrons. The zero-order valence-electron chi connectivity index (χ0n) is 7.61. The molecule has 0 aromatic rings. The fourth-order valence-corrected chi connectivity index (χ4v) is 1.83. The Morgan fingerprint density at radius 1 is 1.31 bits per heavy atom. The summed E-state index contributed by atoms with van der Waals surface area (Å²) in [6, 6.07) is 0. The lowest BCUT2D eigenvalue weighted by Crippen LogP contribution is -2.54. The molecule has 0 unspecified atom stereocenters. The van der Waals surface area contributed by atoms with Crippen LogP contribution in [0.25, 0.3) is 0 Å². The van der Waals surface area contributed by atoms with Gasteiger partial charge in [-0.25, -0.2) is 4.79 Å². The molecule has 1 amide bonds. The maximum Gasteiger partial charge on any atom is 0.410 e. The first kappa shape index (κ1) is 8.81. The van der Waals surface area contributed by atoms with Crippen LogP contribution in [0.5, 0.6) is 0 Å². The smallest absolute Gasteiger partial charge is 0.410 e. The second-order valence-corrected chi connectivity index (χ2v) is 3.85. The average molecular weight is 185 g/mol. The van der Waals surface area contributed by atoms with Gasteiger partial charge in [-0.3, -0.25) is 0 Å². The van der Waals surface area contributed by atoms with E-state index in [0.29, 0.717) is 13.1 Å². The van der Waals surface area contributed by atoms with E-state index in [0.717, 1.165) is 12.8 Å². The minimum atomic E-state index is -0.337. The number of nitrogens with zero attached hydrogens (tertiary/aromatic N) is 1. The molecule has 0 spiro atoms. The largest absolute Gasteiger partial charge is 0.446 e. The summed E-state index contributed by atoms with van der Waals surface area (Å²) in [6.07, 6.45) is 3.88. The molecular formula is C9H15NO3.